The van der Waals surface area contributed by atoms with Crippen LogP contribution in [0.25, 0.3) is 22.9 Å². The molecular formula is C21H23N3O2. The van der Waals surface area contributed by atoms with Crippen molar-refractivity contribution < 1.29 is 9.21 Å². The van der Waals surface area contributed by atoms with E-state index in [9.17, 15) is 4.79 Å². The van der Waals surface area contributed by atoms with E-state index in [1.54, 1.807) is 0 Å². The number of benzene rings is 2. The zero-order chi connectivity index (χ0) is 18.5. The van der Waals surface area contributed by atoms with Gasteiger partial charge in [-0.15, -0.1) is 10.2 Å². The van der Waals surface area contributed by atoms with Crippen LogP contribution in [0.15, 0.2) is 52.9 Å². The molecule has 0 aliphatic rings. The summed E-state index contributed by atoms with van der Waals surface area (Å²) >= 11 is 0. The Hall–Kier alpha value is -2.95. The second kappa shape index (κ2) is 7.95. The standard InChI is InChI=1S/C21H23N3O2/c1-4-6-15(3)19(25)22-18-11-9-16(10-12-18)20-23-24-21(26-20)17-8-5-7-14(2)13-17/h5,7-13,15H,4,6H2,1-3H3,(H,22,25). The number of nitrogens with one attached hydrogen (secondary N) is 1. The minimum Gasteiger partial charge on any atom is -0.416 e. The predicted octanol–water partition coefficient (Wildman–Crippen LogP) is 5.09. The maximum Gasteiger partial charge on any atom is 0.248 e. The number of aryl methyl sites for hydroxylation is 1. The summed E-state index contributed by atoms with van der Waals surface area (Å²) in [6.45, 7) is 6.04. The minimum absolute atomic E-state index is 0.00695. The van der Waals surface area contributed by atoms with E-state index in [2.05, 4.69) is 22.4 Å². The third-order valence-electron chi connectivity index (χ3n) is 4.26. The summed E-state index contributed by atoms with van der Waals surface area (Å²) in [6.07, 6.45) is 1.88. The molecule has 134 valence electrons. The summed E-state index contributed by atoms with van der Waals surface area (Å²) in [5, 5.41) is 11.2. The van der Waals surface area contributed by atoms with Gasteiger partial charge < -0.3 is 9.73 Å². The summed E-state index contributed by atoms with van der Waals surface area (Å²) in [5.41, 5.74) is 3.62. The lowest BCUT2D eigenvalue weighted by molar-refractivity contribution is -0.119. The van der Waals surface area contributed by atoms with Crippen molar-refractivity contribution >= 4 is 11.6 Å². The van der Waals surface area contributed by atoms with Gasteiger partial charge in [-0.1, -0.05) is 38.0 Å². The van der Waals surface area contributed by atoms with E-state index in [0.29, 0.717) is 11.8 Å². The van der Waals surface area contributed by atoms with Crippen LogP contribution in [0, 0.1) is 12.8 Å². The summed E-state index contributed by atoms with van der Waals surface area (Å²) in [4.78, 5) is 12.1. The van der Waals surface area contributed by atoms with Crippen LogP contribution in [-0.4, -0.2) is 16.1 Å². The van der Waals surface area contributed by atoms with Gasteiger partial charge in [-0.25, -0.2) is 0 Å². The van der Waals surface area contributed by atoms with Crippen LogP contribution < -0.4 is 5.32 Å². The van der Waals surface area contributed by atoms with Crippen LogP contribution in [0.4, 0.5) is 5.69 Å². The topological polar surface area (TPSA) is 68.0 Å². The van der Waals surface area contributed by atoms with Crippen molar-refractivity contribution in [2.75, 3.05) is 5.32 Å². The van der Waals surface area contributed by atoms with Gasteiger partial charge in [-0.3, -0.25) is 4.79 Å². The summed E-state index contributed by atoms with van der Waals surface area (Å²) in [6, 6.07) is 15.4. The fourth-order valence-electron chi connectivity index (χ4n) is 2.76. The maximum absolute atomic E-state index is 12.1. The number of amides is 1. The molecule has 0 saturated heterocycles. The Kier molecular flexibility index (Phi) is 5.46. The average Bonchev–Trinajstić information content (AvgIpc) is 3.13. The van der Waals surface area contributed by atoms with E-state index in [1.165, 1.54) is 0 Å². The van der Waals surface area contributed by atoms with Crippen LogP contribution >= 0.6 is 0 Å². The zero-order valence-corrected chi connectivity index (χ0v) is 15.3. The average molecular weight is 349 g/mol. The Morgan fingerprint density at radius 1 is 1.08 bits per heavy atom. The summed E-state index contributed by atoms with van der Waals surface area (Å²) in [5.74, 6) is 1.000. The van der Waals surface area contributed by atoms with E-state index in [4.69, 9.17) is 4.42 Å². The third-order valence-corrected chi connectivity index (χ3v) is 4.26. The van der Waals surface area contributed by atoms with Crippen molar-refractivity contribution in [1.29, 1.82) is 0 Å². The highest BCUT2D eigenvalue weighted by molar-refractivity contribution is 5.92. The van der Waals surface area contributed by atoms with Crippen molar-refractivity contribution in [1.82, 2.24) is 10.2 Å². The maximum atomic E-state index is 12.1. The van der Waals surface area contributed by atoms with Gasteiger partial charge in [0.2, 0.25) is 17.7 Å². The Morgan fingerprint density at radius 2 is 1.77 bits per heavy atom. The van der Waals surface area contributed by atoms with Gasteiger partial charge in [0.15, 0.2) is 0 Å². The SMILES string of the molecule is CCCC(C)C(=O)Nc1ccc(-c2nnc(-c3cccc(C)c3)o2)cc1. The summed E-state index contributed by atoms with van der Waals surface area (Å²) < 4.78 is 5.79. The highest BCUT2D eigenvalue weighted by Gasteiger charge is 2.13. The molecule has 1 atom stereocenters. The molecule has 0 saturated carbocycles. The third kappa shape index (κ3) is 4.17. The lowest BCUT2D eigenvalue weighted by Gasteiger charge is -2.11. The molecule has 5 nitrogen and oxygen atoms in total. The first-order valence-electron chi connectivity index (χ1n) is 8.88. The number of aromatic nitrogens is 2. The number of carbonyl (C=O) groups is 1. The number of anilines is 1. The predicted molar refractivity (Wildman–Crippen MR) is 103 cm³/mol. The first-order chi connectivity index (χ1) is 12.6. The Morgan fingerprint density at radius 3 is 2.42 bits per heavy atom. The molecule has 5 heteroatoms. The molecule has 1 unspecified atom stereocenters. The molecule has 1 N–H and O–H groups in total. The van der Waals surface area contributed by atoms with Gasteiger partial charge in [-0.2, -0.15) is 0 Å². The van der Waals surface area contributed by atoms with E-state index >= 15 is 0 Å². The molecule has 0 aliphatic heterocycles. The molecule has 0 aliphatic carbocycles. The van der Waals surface area contributed by atoms with Crippen LogP contribution in [0.1, 0.15) is 32.3 Å². The first-order valence-corrected chi connectivity index (χ1v) is 8.88. The normalized spacial score (nSPS) is 12.0. The number of hydrogen-bond acceptors (Lipinski definition) is 4. The Labute approximate surface area is 153 Å². The zero-order valence-electron chi connectivity index (χ0n) is 15.3. The van der Waals surface area contributed by atoms with Crippen molar-refractivity contribution in [3.05, 3.63) is 54.1 Å². The molecule has 0 spiro atoms. The van der Waals surface area contributed by atoms with Gasteiger partial charge in [-0.05, 0) is 49.7 Å². The van der Waals surface area contributed by atoms with Crippen molar-refractivity contribution in [3.8, 4) is 22.9 Å². The Balaban J connectivity index is 1.72. The van der Waals surface area contributed by atoms with Gasteiger partial charge in [0, 0.05) is 22.7 Å². The fourth-order valence-corrected chi connectivity index (χ4v) is 2.76. The van der Waals surface area contributed by atoms with Gasteiger partial charge in [0.25, 0.3) is 0 Å². The van der Waals surface area contributed by atoms with Crippen LogP contribution in [0.2, 0.25) is 0 Å². The van der Waals surface area contributed by atoms with E-state index in [1.807, 2.05) is 62.4 Å². The van der Waals surface area contributed by atoms with Crippen molar-refractivity contribution in [2.45, 2.75) is 33.6 Å². The van der Waals surface area contributed by atoms with Crippen LogP contribution in [0.3, 0.4) is 0 Å². The summed E-state index contributed by atoms with van der Waals surface area (Å²) in [7, 11) is 0. The number of hydrogen-bond donors (Lipinski definition) is 1. The molecule has 1 heterocycles. The quantitative estimate of drug-likeness (QED) is 0.673. The van der Waals surface area contributed by atoms with E-state index in [0.717, 1.165) is 35.2 Å². The smallest absolute Gasteiger partial charge is 0.248 e. The number of carbonyl (C=O) groups excluding carboxylic acids is 1. The molecule has 2 aromatic carbocycles. The molecule has 1 aromatic heterocycles. The van der Waals surface area contributed by atoms with E-state index in [-0.39, 0.29) is 11.8 Å². The highest BCUT2D eigenvalue weighted by Crippen LogP contribution is 2.25. The largest absolute Gasteiger partial charge is 0.416 e. The van der Waals surface area contributed by atoms with E-state index < -0.39 is 0 Å². The molecule has 0 bridgehead atoms. The fraction of sp³-hybridized carbons (Fsp3) is 0.286. The second-order valence-electron chi connectivity index (χ2n) is 6.54. The van der Waals surface area contributed by atoms with Crippen molar-refractivity contribution in [2.24, 2.45) is 5.92 Å². The lowest BCUT2D eigenvalue weighted by atomic mass is 10.1. The Bertz CT molecular complexity index is 884. The molecule has 0 radical (unpaired) electrons. The number of rotatable bonds is 6. The monoisotopic (exact) mass is 349 g/mol. The molecular weight excluding hydrogens is 326 g/mol. The van der Waals surface area contributed by atoms with Crippen LogP contribution in [-0.2, 0) is 4.79 Å². The molecule has 3 aromatic rings. The van der Waals surface area contributed by atoms with Crippen LogP contribution in [0.5, 0.6) is 0 Å². The molecule has 1 amide bonds. The second-order valence-corrected chi connectivity index (χ2v) is 6.54. The lowest BCUT2D eigenvalue weighted by Crippen LogP contribution is -2.20. The van der Waals surface area contributed by atoms with Gasteiger partial charge in [0.05, 0.1) is 0 Å². The first kappa shape index (κ1) is 17.9. The molecule has 3 rings (SSSR count). The van der Waals surface area contributed by atoms with Gasteiger partial charge >= 0.3 is 0 Å². The minimum atomic E-state index is 0.00695. The highest BCUT2D eigenvalue weighted by atomic mass is 16.4. The number of nitrogens with zero attached hydrogens (tertiary/aromatic N) is 2. The molecule has 26 heavy (non-hydrogen) atoms. The van der Waals surface area contributed by atoms with Crippen molar-refractivity contribution in [3.63, 3.8) is 0 Å². The van der Waals surface area contributed by atoms with Gasteiger partial charge in [0.1, 0.15) is 0 Å². The molecule has 0 fully saturated rings.